The van der Waals surface area contributed by atoms with E-state index in [9.17, 15) is 9.90 Å². The number of rotatable bonds is 7. The number of nitrogens with zero attached hydrogens (tertiary/aromatic N) is 3. The van der Waals surface area contributed by atoms with Crippen LogP contribution in [-0.4, -0.2) is 40.1 Å². The van der Waals surface area contributed by atoms with Gasteiger partial charge in [-0.2, -0.15) is 0 Å². The van der Waals surface area contributed by atoms with Gasteiger partial charge in [0.1, 0.15) is 6.04 Å². The lowest BCUT2D eigenvalue weighted by atomic mass is 10.0. The van der Waals surface area contributed by atoms with Crippen LogP contribution < -0.4 is 0 Å². The Morgan fingerprint density at radius 1 is 1.41 bits per heavy atom. The predicted octanol–water partition coefficient (Wildman–Crippen LogP) is 1.88. The summed E-state index contributed by atoms with van der Waals surface area (Å²) < 4.78 is 5.10. The smallest absolute Gasteiger partial charge is 0.325 e. The number of carboxylic acids is 1. The molecule has 0 aliphatic rings. The van der Waals surface area contributed by atoms with E-state index < -0.39 is 12.0 Å². The number of carboxylic acid groups (broad SMARTS) is 1. The first kappa shape index (κ1) is 16.1. The number of aliphatic carboxylic acids is 1. The van der Waals surface area contributed by atoms with Crippen molar-refractivity contribution in [1.82, 2.24) is 14.9 Å². The number of benzene rings is 1. The molecule has 0 spiro atoms. The van der Waals surface area contributed by atoms with Gasteiger partial charge < -0.3 is 9.84 Å². The number of hydrogen-bond acceptors (Lipinski definition) is 5. The molecule has 1 heterocycles. The van der Waals surface area contributed by atoms with E-state index in [1.165, 1.54) is 0 Å². The van der Waals surface area contributed by atoms with Gasteiger partial charge in [0, 0.05) is 32.2 Å². The van der Waals surface area contributed by atoms with E-state index in [1.54, 1.807) is 37.6 Å². The summed E-state index contributed by atoms with van der Waals surface area (Å²) in [5.74, 6) is -0.902. The van der Waals surface area contributed by atoms with Crippen LogP contribution in [-0.2, 0) is 22.7 Å². The van der Waals surface area contributed by atoms with Crippen LogP contribution >= 0.6 is 0 Å². The summed E-state index contributed by atoms with van der Waals surface area (Å²) in [6.07, 6.45) is 4.82. The van der Waals surface area contributed by atoms with E-state index in [4.69, 9.17) is 4.74 Å². The molecule has 116 valence electrons. The average molecular weight is 301 g/mol. The number of ether oxygens (including phenoxy) is 1. The molecule has 6 heteroatoms. The van der Waals surface area contributed by atoms with Gasteiger partial charge in [-0.1, -0.05) is 24.3 Å². The van der Waals surface area contributed by atoms with E-state index in [1.807, 2.05) is 24.3 Å². The van der Waals surface area contributed by atoms with Gasteiger partial charge in [-0.25, -0.2) is 0 Å². The summed E-state index contributed by atoms with van der Waals surface area (Å²) in [6, 6.07) is 6.67. The molecule has 0 fully saturated rings. The Labute approximate surface area is 129 Å². The maximum atomic E-state index is 11.7. The van der Waals surface area contributed by atoms with Gasteiger partial charge in [0.25, 0.3) is 0 Å². The highest BCUT2D eigenvalue weighted by molar-refractivity contribution is 5.75. The molecule has 6 nitrogen and oxygen atoms in total. The second-order valence-corrected chi connectivity index (χ2v) is 5.03. The Hall–Kier alpha value is -2.31. The van der Waals surface area contributed by atoms with Crippen molar-refractivity contribution in [3.63, 3.8) is 0 Å². The molecular formula is C16H19N3O3. The van der Waals surface area contributed by atoms with Crippen LogP contribution in [0.5, 0.6) is 0 Å². The van der Waals surface area contributed by atoms with Crippen molar-refractivity contribution in [3.8, 4) is 0 Å². The number of methoxy groups -OCH3 is 1. The van der Waals surface area contributed by atoms with Gasteiger partial charge >= 0.3 is 5.97 Å². The molecule has 0 bridgehead atoms. The second-order valence-electron chi connectivity index (χ2n) is 5.03. The third-order valence-corrected chi connectivity index (χ3v) is 3.28. The van der Waals surface area contributed by atoms with Crippen LogP contribution in [0.1, 0.15) is 22.9 Å². The molecule has 0 saturated heterocycles. The molecule has 1 N–H and O–H groups in total. The predicted molar refractivity (Wildman–Crippen MR) is 81.0 cm³/mol. The normalized spacial score (nSPS) is 12.3. The van der Waals surface area contributed by atoms with Crippen LogP contribution in [0.4, 0.5) is 0 Å². The molecule has 0 aliphatic carbocycles. The highest BCUT2D eigenvalue weighted by Crippen LogP contribution is 2.22. The van der Waals surface area contributed by atoms with Crippen LogP contribution in [0.15, 0.2) is 42.9 Å². The Morgan fingerprint density at radius 2 is 2.23 bits per heavy atom. The molecule has 1 unspecified atom stereocenters. The van der Waals surface area contributed by atoms with E-state index in [0.717, 1.165) is 11.3 Å². The number of likely N-dealkylation sites (N-methyl/N-ethyl adjacent to an activating group) is 1. The molecule has 1 atom stereocenters. The monoisotopic (exact) mass is 301 g/mol. The molecule has 1 aromatic carbocycles. The molecule has 0 aliphatic heterocycles. The van der Waals surface area contributed by atoms with Gasteiger partial charge in [-0.15, -0.1) is 0 Å². The Balaban J connectivity index is 2.22. The standard InChI is InChI=1S/C16H19N3O3/c1-19(10-14-9-17-6-7-18-14)15(16(20)21)13-5-3-4-12(8-13)11-22-2/h3-9,15H,10-11H2,1-2H3,(H,20,21). The van der Waals surface area contributed by atoms with Crippen LogP contribution in [0.3, 0.4) is 0 Å². The fourth-order valence-corrected chi connectivity index (χ4v) is 2.36. The second kappa shape index (κ2) is 7.63. The van der Waals surface area contributed by atoms with Crippen LogP contribution in [0.2, 0.25) is 0 Å². The zero-order chi connectivity index (χ0) is 15.9. The minimum Gasteiger partial charge on any atom is -0.480 e. The molecular weight excluding hydrogens is 282 g/mol. The topological polar surface area (TPSA) is 75.6 Å². The first-order valence-electron chi connectivity index (χ1n) is 6.87. The Morgan fingerprint density at radius 3 is 2.86 bits per heavy atom. The van der Waals surface area contributed by atoms with Crippen molar-refractivity contribution in [1.29, 1.82) is 0 Å². The fraction of sp³-hybridized carbons (Fsp3) is 0.312. The van der Waals surface area contributed by atoms with Crippen molar-refractivity contribution in [2.24, 2.45) is 0 Å². The van der Waals surface area contributed by atoms with Crippen molar-refractivity contribution in [3.05, 3.63) is 59.7 Å². The lowest BCUT2D eigenvalue weighted by Gasteiger charge is -2.24. The molecule has 22 heavy (non-hydrogen) atoms. The molecule has 0 saturated carbocycles. The summed E-state index contributed by atoms with van der Waals surface area (Å²) in [5.41, 5.74) is 2.39. The van der Waals surface area contributed by atoms with Crippen molar-refractivity contribution >= 4 is 5.97 Å². The zero-order valence-electron chi connectivity index (χ0n) is 12.6. The van der Waals surface area contributed by atoms with E-state index in [-0.39, 0.29) is 0 Å². The quantitative estimate of drug-likeness (QED) is 0.841. The number of carbonyl (C=O) groups is 1. The van der Waals surface area contributed by atoms with Crippen molar-refractivity contribution in [2.75, 3.05) is 14.2 Å². The molecule has 2 aromatic rings. The molecule has 0 amide bonds. The summed E-state index contributed by atoms with van der Waals surface area (Å²) >= 11 is 0. The third-order valence-electron chi connectivity index (χ3n) is 3.28. The van der Waals surface area contributed by atoms with Crippen LogP contribution in [0.25, 0.3) is 0 Å². The first-order chi connectivity index (χ1) is 10.6. The highest BCUT2D eigenvalue weighted by atomic mass is 16.5. The van der Waals surface area contributed by atoms with Crippen LogP contribution in [0, 0.1) is 0 Å². The number of hydrogen-bond donors (Lipinski definition) is 1. The van der Waals surface area contributed by atoms with Gasteiger partial charge in [0.2, 0.25) is 0 Å². The Bertz CT molecular complexity index is 619. The molecule has 0 radical (unpaired) electrons. The van der Waals surface area contributed by atoms with Gasteiger partial charge in [-0.3, -0.25) is 19.7 Å². The lowest BCUT2D eigenvalue weighted by Crippen LogP contribution is -2.30. The number of aromatic nitrogens is 2. The Kier molecular flexibility index (Phi) is 5.57. The van der Waals surface area contributed by atoms with Gasteiger partial charge in [0.05, 0.1) is 12.3 Å². The summed E-state index contributed by atoms with van der Waals surface area (Å²) in [6.45, 7) is 0.855. The minimum absolute atomic E-state index is 0.402. The maximum Gasteiger partial charge on any atom is 0.325 e. The van der Waals surface area contributed by atoms with Gasteiger partial charge in [-0.05, 0) is 18.2 Å². The summed E-state index contributed by atoms with van der Waals surface area (Å²) in [7, 11) is 3.37. The SMILES string of the molecule is COCc1cccc(C(C(=O)O)N(C)Cc2cnccn2)c1. The van der Waals surface area contributed by atoms with Gasteiger partial charge in [0.15, 0.2) is 0 Å². The third kappa shape index (κ3) is 4.09. The minimum atomic E-state index is -0.902. The van der Waals surface area contributed by atoms with E-state index in [0.29, 0.717) is 18.7 Å². The molecule has 1 aromatic heterocycles. The first-order valence-corrected chi connectivity index (χ1v) is 6.87. The highest BCUT2D eigenvalue weighted by Gasteiger charge is 2.25. The average Bonchev–Trinajstić information content (AvgIpc) is 2.48. The van der Waals surface area contributed by atoms with Crippen molar-refractivity contribution < 1.29 is 14.6 Å². The maximum absolute atomic E-state index is 11.7. The molecule has 2 rings (SSSR count). The van der Waals surface area contributed by atoms with E-state index >= 15 is 0 Å². The van der Waals surface area contributed by atoms with Crippen molar-refractivity contribution in [2.45, 2.75) is 19.2 Å². The zero-order valence-corrected chi connectivity index (χ0v) is 12.6. The summed E-state index contributed by atoms with van der Waals surface area (Å²) in [4.78, 5) is 21.6. The summed E-state index contributed by atoms with van der Waals surface area (Å²) in [5, 5.41) is 9.59. The van der Waals surface area contributed by atoms with E-state index in [2.05, 4.69) is 9.97 Å². The fourth-order valence-electron chi connectivity index (χ4n) is 2.36. The lowest BCUT2D eigenvalue weighted by molar-refractivity contribution is -0.143. The largest absolute Gasteiger partial charge is 0.480 e.